The summed E-state index contributed by atoms with van der Waals surface area (Å²) < 4.78 is 6.46. The largest absolute Gasteiger partial charge is 0.507 e. The van der Waals surface area contributed by atoms with Crippen LogP contribution in [-0.2, 0) is 14.3 Å². The topological polar surface area (TPSA) is 78.9 Å². The summed E-state index contributed by atoms with van der Waals surface area (Å²) >= 11 is 0. The molecule has 0 radical (unpaired) electrons. The number of carbonyl (C=O) groups excluding carboxylic acids is 2. The number of imide groups is 1. The fraction of sp³-hybridized carbons (Fsp3) is 0.300. The maximum atomic E-state index is 14.0. The molecule has 3 aliphatic rings. The number of fused-ring (bicyclic) bond motifs is 4. The maximum Gasteiger partial charge on any atom is 0.238 e. The summed E-state index contributed by atoms with van der Waals surface area (Å²) in [5.74, 6) is -0.682. The number of carbonyl (C=O) groups is 2. The standard InChI is InChI=1S/C40H40N2O4/c1-3-25(22-27-15-20-35(43)32-13-9-8-12-31(27)32)14-21-36-37-26(4-2)23-33-38(34(37)24-46-36)40(45)42(39(33)44)30-18-16-29(17-19-30)41-28-10-6-5-7-11-28/h5-13,15-20,22,33-34,36,38,41,43H,3-4,14,21,23-24H2,1-2H3/b25-22+/t33-,34+,36-,38-/m1/s1. The van der Waals surface area contributed by atoms with Crippen LogP contribution in [0.4, 0.5) is 17.1 Å². The van der Waals surface area contributed by atoms with Crippen LogP contribution < -0.4 is 10.2 Å². The van der Waals surface area contributed by atoms with Crippen molar-refractivity contribution >= 4 is 45.7 Å². The molecule has 0 saturated carbocycles. The van der Waals surface area contributed by atoms with E-state index in [2.05, 4.69) is 31.3 Å². The number of aromatic hydroxyl groups is 1. The summed E-state index contributed by atoms with van der Waals surface area (Å²) in [4.78, 5) is 29.2. The second-order valence-electron chi connectivity index (χ2n) is 12.6. The summed E-state index contributed by atoms with van der Waals surface area (Å²) in [5, 5.41) is 15.6. The zero-order valence-electron chi connectivity index (χ0n) is 26.4. The number of hydrogen-bond acceptors (Lipinski definition) is 5. The number of para-hydroxylation sites is 1. The van der Waals surface area contributed by atoms with Crippen LogP contribution in [0.2, 0.25) is 0 Å². The molecule has 4 aromatic rings. The molecule has 6 nitrogen and oxygen atoms in total. The minimum absolute atomic E-state index is 0.0484. The highest BCUT2D eigenvalue weighted by molar-refractivity contribution is 6.22. The molecule has 0 bridgehead atoms. The van der Waals surface area contributed by atoms with Crippen molar-refractivity contribution in [1.29, 1.82) is 0 Å². The van der Waals surface area contributed by atoms with E-state index in [-0.39, 0.29) is 35.7 Å². The smallest absolute Gasteiger partial charge is 0.238 e. The van der Waals surface area contributed by atoms with Crippen molar-refractivity contribution in [3.8, 4) is 5.75 Å². The first-order valence-electron chi connectivity index (χ1n) is 16.5. The number of anilines is 3. The van der Waals surface area contributed by atoms with Gasteiger partial charge in [-0.2, -0.15) is 0 Å². The molecular formula is C40H40N2O4. The number of nitrogens with one attached hydrogen (secondary N) is 1. The molecule has 7 rings (SSSR count). The van der Waals surface area contributed by atoms with Crippen molar-refractivity contribution in [3.63, 3.8) is 0 Å². The SMILES string of the molecule is CCC1=C2[C@@H](CC/C(=C/c3ccc(O)c4ccccc34)CC)OC[C@@H]2[C@@H]2C(=O)N(c3ccc(Nc4ccccc4)cc3)C(=O)[C@@H]2C1. The first-order valence-corrected chi connectivity index (χ1v) is 16.5. The average Bonchev–Trinajstić information content (AvgIpc) is 3.62. The summed E-state index contributed by atoms with van der Waals surface area (Å²) in [6.07, 6.45) is 6.30. The normalized spacial score (nSPS) is 22.8. The molecule has 2 aliphatic heterocycles. The molecule has 4 aromatic carbocycles. The molecule has 2 saturated heterocycles. The monoisotopic (exact) mass is 612 g/mol. The Morgan fingerprint density at radius 1 is 0.870 bits per heavy atom. The maximum absolute atomic E-state index is 14.0. The lowest BCUT2D eigenvalue weighted by Crippen LogP contribution is -2.34. The predicted octanol–water partition coefficient (Wildman–Crippen LogP) is 8.79. The van der Waals surface area contributed by atoms with Gasteiger partial charge >= 0.3 is 0 Å². The third kappa shape index (κ3) is 5.41. The molecule has 234 valence electrons. The van der Waals surface area contributed by atoms with Gasteiger partial charge in [-0.25, -0.2) is 0 Å². The number of rotatable bonds is 9. The second kappa shape index (κ2) is 12.6. The van der Waals surface area contributed by atoms with Gasteiger partial charge in [-0.3, -0.25) is 14.5 Å². The van der Waals surface area contributed by atoms with E-state index < -0.39 is 0 Å². The third-order valence-electron chi connectivity index (χ3n) is 10.1. The van der Waals surface area contributed by atoms with E-state index in [4.69, 9.17) is 4.74 Å². The van der Waals surface area contributed by atoms with Crippen LogP contribution in [0.3, 0.4) is 0 Å². The number of amides is 2. The molecule has 2 amide bonds. The zero-order chi connectivity index (χ0) is 31.8. The van der Waals surface area contributed by atoms with E-state index in [1.54, 1.807) is 6.07 Å². The van der Waals surface area contributed by atoms with Crippen LogP contribution in [0, 0.1) is 17.8 Å². The van der Waals surface area contributed by atoms with Crippen molar-refractivity contribution < 1.29 is 19.4 Å². The Balaban J connectivity index is 1.08. The lowest BCUT2D eigenvalue weighted by atomic mass is 9.69. The van der Waals surface area contributed by atoms with Crippen LogP contribution in [0.5, 0.6) is 5.75 Å². The third-order valence-corrected chi connectivity index (χ3v) is 10.1. The Bertz CT molecular complexity index is 1840. The Morgan fingerprint density at radius 3 is 2.33 bits per heavy atom. The molecule has 2 fully saturated rings. The van der Waals surface area contributed by atoms with Gasteiger partial charge in [0, 0.05) is 22.7 Å². The lowest BCUT2D eigenvalue weighted by molar-refractivity contribution is -0.122. The molecule has 1 aliphatic carbocycles. The Morgan fingerprint density at radius 2 is 1.59 bits per heavy atom. The Kier molecular flexibility index (Phi) is 8.22. The number of nitrogens with zero attached hydrogens (tertiary/aromatic N) is 1. The lowest BCUT2D eigenvalue weighted by Gasteiger charge is -2.31. The van der Waals surface area contributed by atoms with E-state index in [9.17, 15) is 14.7 Å². The van der Waals surface area contributed by atoms with E-state index in [1.165, 1.54) is 21.6 Å². The Hall–Kier alpha value is -4.68. The number of phenols is 1. The summed E-state index contributed by atoms with van der Waals surface area (Å²) in [5.41, 5.74) is 7.46. The minimum Gasteiger partial charge on any atom is -0.507 e. The van der Waals surface area contributed by atoms with Crippen molar-refractivity contribution in [2.24, 2.45) is 17.8 Å². The number of hydrogen-bond donors (Lipinski definition) is 2. The fourth-order valence-corrected chi connectivity index (χ4v) is 7.77. The molecular weight excluding hydrogens is 572 g/mol. The Labute approximate surface area is 270 Å². The van der Waals surface area contributed by atoms with Crippen LogP contribution >= 0.6 is 0 Å². The number of phenolic OH excluding ortho intramolecular Hbond substituents is 1. The van der Waals surface area contributed by atoms with Crippen LogP contribution in [0.25, 0.3) is 16.8 Å². The van der Waals surface area contributed by atoms with E-state index in [1.807, 2.05) is 78.9 Å². The molecule has 0 unspecified atom stereocenters. The van der Waals surface area contributed by atoms with Gasteiger partial charge in [0.15, 0.2) is 0 Å². The van der Waals surface area contributed by atoms with Gasteiger partial charge in [-0.05, 0) is 91.1 Å². The summed E-state index contributed by atoms with van der Waals surface area (Å²) in [6, 6.07) is 29.2. The predicted molar refractivity (Wildman–Crippen MR) is 184 cm³/mol. The molecule has 46 heavy (non-hydrogen) atoms. The highest BCUT2D eigenvalue weighted by atomic mass is 16.5. The van der Waals surface area contributed by atoms with E-state index >= 15 is 0 Å². The first-order chi connectivity index (χ1) is 22.5. The van der Waals surface area contributed by atoms with Gasteiger partial charge in [0.1, 0.15) is 5.75 Å². The van der Waals surface area contributed by atoms with Crippen molar-refractivity contribution in [3.05, 3.63) is 113 Å². The highest BCUT2D eigenvalue weighted by Gasteiger charge is 2.57. The van der Waals surface area contributed by atoms with Gasteiger partial charge < -0.3 is 15.2 Å². The van der Waals surface area contributed by atoms with Gasteiger partial charge in [0.2, 0.25) is 11.8 Å². The van der Waals surface area contributed by atoms with Crippen LogP contribution in [-0.4, -0.2) is 29.6 Å². The minimum atomic E-state index is -0.380. The fourth-order valence-electron chi connectivity index (χ4n) is 7.77. The number of allylic oxidation sites excluding steroid dienone is 2. The molecule has 0 aromatic heterocycles. The van der Waals surface area contributed by atoms with E-state index in [0.29, 0.717) is 24.5 Å². The summed E-state index contributed by atoms with van der Waals surface area (Å²) in [6.45, 7) is 4.81. The molecule has 2 heterocycles. The van der Waals surface area contributed by atoms with Crippen LogP contribution in [0.15, 0.2) is 108 Å². The number of ether oxygens (including phenoxy) is 1. The number of benzene rings is 4. The average molecular weight is 613 g/mol. The van der Waals surface area contributed by atoms with Crippen molar-refractivity contribution in [2.75, 3.05) is 16.8 Å². The van der Waals surface area contributed by atoms with Crippen molar-refractivity contribution in [2.45, 2.75) is 52.1 Å². The van der Waals surface area contributed by atoms with Gasteiger partial charge in [0.05, 0.1) is 30.2 Å². The zero-order valence-corrected chi connectivity index (χ0v) is 26.4. The van der Waals surface area contributed by atoms with Gasteiger partial charge in [-0.1, -0.05) is 79.6 Å². The quantitative estimate of drug-likeness (QED) is 0.146. The van der Waals surface area contributed by atoms with Gasteiger partial charge in [0.25, 0.3) is 0 Å². The molecule has 2 N–H and O–H groups in total. The van der Waals surface area contributed by atoms with Crippen LogP contribution in [0.1, 0.15) is 51.5 Å². The van der Waals surface area contributed by atoms with Crippen molar-refractivity contribution in [1.82, 2.24) is 0 Å². The first kappa shape index (κ1) is 30.0. The summed E-state index contributed by atoms with van der Waals surface area (Å²) in [7, 11) is 0. The van der Waals surface area contributed by atoms with E-state index in [0.717, 1.165) is 53.4 Å². The molecule has 6 heteroatoms. The highest BCUT2D eigenvalue weighted by Crippen LogP contribution is 2.51. The van der Waals surface area contributed by atoms with Gasteiger partial charge in [-0.15, -0.1) is 0 Å². The molecule has 0 spiro atoms. The second-order valence-corrected chi connectivity index (χ2v) is 12.6. The molecule has 4 atom stereocenters.